The van der Waals surface area contributed by atoms with Gasteiger partial charge in [-0.25, -0.2) is 0 Å². The van der Waals surface area contributed by atoms with Crippen LogP contribution in [0.25, 0.3) is 0 Å². The number of nitrogens with one attached hydrogen (secondary N) is 2. The number of rotatable bonds is 5. The third kappa shape index (κ3) is 2.70. The largest absolute Gasteiger partial charge is 0.407 e. The average molecular weight is 265 g/mol. The minimum atomic E-state index is -0.210. The summed E-state index contributed by atoms with van der Waals surface area (Å²) in [6, 6.07) is 0.854. The van der Waals surface area contributed by atoms with Gasteiger partial charge in [-0.15, -0.1) is 5.10 Å². The first-order valence-corrected chi connectivity index (χ1v) is 6.88. The van der Waals surface area contributed by atoms with Crippen LogP contribution in [0, 0.1) is 0 Å². The van der Waals surface area contributed by atoms with Gasteiger partial charge in [-0.3, -0.25) is 4.79 Å². The second-order valence-corrected chi connectivity index (χ2v) is 5.04. The topological polar surface area (TPSA) is 83.3 Å². The molecule has 19 heavy (non-hydrogen) atoms. The average Bonchev–Trinajstić information content (AvgIpc) is 3.13. The maximum Gasteiger partial charge on any atom is 0.318 e. The fourth-order valence-electron chi connectivity index (χ4n) is 2.30. The Hall–Kier alpha value is -1.63. The number of carbonyl (C=O) groups is 1. The van der Waals surface area contributed by atoms with Crippen LogP contribution in [0.1, 0.15) is 32.1 Å². The molecule has 1 aliphatic heterocycles. The second kappa shape index (κ2) is 5.16. The molecule has 1 aliphatic carbocycles. The molecular formula is C12H19N5O2. The number of carbonyl (C=O) groups excluding carboxylic acids is 1. The normalized spacial score (nSPS) is 23.5. The Morgan fingerprint density at radius 1 is 1.47 bits per heavy atom. The number of hydrogen-bond acceptors (Lipinski definition) is 6. The Bertz CT molecular complexity index is 457. The fraction of sp³-hybridized carbons (Fsp3) is 0.750. The van der Waals surface area contributed by atoms with Crippen molar-refractivity contribution in [1.82, 2.24) is 20.8 Å². The summed E-state index contributed by atoms with van der Waals surface area (Å²) in [5, 5.41) is 14.3. The van der Waals surface area contributed by atoms with Gasteiger partial charge in [0.15, 0.2) is 0 Å². The second-order valence-electron chi connectivity index (χ2n) is 5.04. The molecule has 3 rings (SSSR count). The lowest BCUT2D eigenvalue weighted by molar-refractivity contribution is -0.123. The highest BCUT2D eigenvalue weighted by Gasteiger charge is 2.31. The molecule has 0 aromatic carbocycles. The maximum absolute atomic E-state index is 11.8. The van der Waals surface area contributed by atoms with E-state index in [9.17, 15) is 4.79 Å². The van der Waals surface area contributed by atoms with E-state index in [1.165, 1.54) is 12.8 Å². The van der Waals surface area contributed by atoms with Gasteiger partial charge >= 0.3 is 6.01 Å². The number of nitrogens with zero attached hydrogens (tertiary/aromatic N) is 3. The van der Waals surface area contributed by atoms with Crippen LogP contribution in [0.15, 0.2) is 4.42 Å². The van der Waals surface area contributed by atoms with E-state index in [1.807, 2.05) is 11.8 Å². The van der Waals surface area contributed by atoms with Crippen LogP contribution < -0.4 is 15.5 Å². The van der Waals surface area contributed by atoms with Crippen LogP contribution in [0.3, 0.4) is 0 Å². The Morgan fingerprint density at radius 3 is 3.05 bits per heavy atom. The summed E-state index contributed by atoms with van der Waals surface area (Å²) in [7, 11) is 0. The van der Waals surface area contributed by atoms with Crippen LogP contribution in [0.2, 0.25) is 0 Å². The molecule has 2 heterocycles. The van der Waals surface area contributed by atoms with E-state index in [-0.39, 0.29) is 11.9 Å². The van der Waals surface area contributed by atoms with Gasteiger partial charge in [0.25, 0.3) is 0 Å². The molecule has 1 saturated carbocycles. The van der Waals surface area contributed by atoms with Crippen molar-refractivity contribution >= 4 is 11.9 Å². The standard InChI is InChI=1S/C12H19N5O2/c1-2-9-11(18)13-5-6-17(9)12-16-15-10(19-12)7-14-8-3-4-8/h8-9,14H,2-7H2,1H3,(H,13,18). The molecule has 104 valence electrons. The number of hydrogen-bond donors (Lipinski definition) is 2. The zero-order chi connectivity index (χ0) is 13.2. The molecule has 7 heteroatoms. The lowest BCUT2D eigenvalue weighted by Gasteiger charge is -2.32. The predicted molar refractivity (Wildman–Crippen MR) is 68.6 cm³/mol. The third-order valence-electron chi connectivity index (χ3n) is 3.54. The zero-order valence-electron chi connectivity index (χ0n) is 11.1. The first kappa shape index (κ1) is 12.4. The fourth-order valence-corrected chi connectivity index (χ4v) is 2.30. The third-order valence-corrected chi connectivity index (χ3v) is 3.54. The van der Waals surface area contributed by atoms with Gasteiger partial charge in [-0.05, 0) is 19.3 Å². The highest BCUT2D eigenvalue weighted by Crippen LogP contribution is 2.21. The number of aromatic nitrogens is 2. The van der Waals surface area contributed by atoms with E-state index in [1.54, 1.807) is 0 Å². The zero-order valence-corrected chi connectivity index (χ0v) is 11.1. The van der Waals surface area contributed by atoms with Crippen molar-refractivity contribution in [3.63, 3.8) is 0 Å². The van der Waals surface area contributed by atoms with E-state index >= 15 is 0 Å². The quantitative estimate of drug-likeness (QED) is 0.782. The molecule has 1 saturated heterocycles. The number of anilines is 1. The summed E-state index contributed by atoms with van der Waals surface area (Å²) >= 11 is 0. The SMILES string of the molecule is CCC1C(=O)NCCN1c1nnc(CNC2CC2)o1. The smallest absolute Gasteiger partial charge is 0.318 e. The number of amides is 1. The van der Waals surface area contributed by atoms with Gasteiger partial charge in [0.2, 0.25) is 11.8 Å². The Morgan fingerprint density at radius 2 is 2.32 bits per heavy atom. The van der Waals surface area contributed by atoms with Gasteiger partial charge in [0.1, 0.15) is 6.04 Å². The van der Waals surface area contributed by atoms with Crippen LogP contribution in [-0.4, -0.2) is 41.3 Å². The van der Waals surface area contributed by atoms with E-state index in [0.717, 1.165) is 6.42 Å². The first-order valence-electron chi connectivity index (χ1n) is 6.88. The summed E-state index contributed by atoms with van der Waals surface area (Å²) in [5.41, 5.74) is 0. The molecular weight excluding hydrogens is 246 g/mol. The van der Waals surface area contributed by atoms with E-state index in [2.05, 4.69) is 20.8 Å². The van der Waals surface area contributed by atoms with Gasteiger partial charge in [-0.2, -0.15) is 0 Å². The Balaban J connectivity index is 1.67. The van der Waals surface area contributed by atoms with E-state index in [4.69, 9.17) is 4.42 Å². The molecule has 1 amide bonds. The van der Waals surface area contributed by atoms with Gasteiger partial charge in [-0.1, -0.05) is 12.0 Å². The molecule has 2 N–H and O–H groups in total. The molecule has 0 spiro atoms. The lowest BCUT2D eigenvalue weighted by atomic mass is 10.1. The van der Waals surface area contributed by atoms with Gasteiger partial charge in [0.05, 0.1) is 6.54 Å². The predicted octanol–water partition coefficient (Wildman–Crippen LogP) is 0.0364. The molecule has 1 unspecified atom stereocenters. The van der Waals surface area contributed by atoms with Crippen molar-refractivity contribution in [3.05, 3.63) is 5.89 Å². The molecule has 7 nitrogen and oxygen atoms in total. The monoisotopic (exact) mass is 265 g/mol. The lowest BCUT2D eigenvalue weighted by Crippen LogP contribution is -2.55. The van der Waals surface area contributed by atoms with Gasteiger partial charge < -0.3 is 20.0 Å². The van der Waals surface area contributed by atoms with E-state index < -0.39 is 0 Å². The molecule has 1 atom stereocenters. The van der Waals surface area contributed by atoms with Crippen LogP contribution in [0.4, 0.5) is 6.01 Å². The van der Waals surface area contributed by atoms with Gasteiger partial charge in [0, 0.05) is 19.1 Å². The van der Waals surface area contributed by atoms with Crippen molar-refractivity contribution in [1.29, 1.82) is 0 Å². The Labute approximate surface area is 111 Å². The first-order chi connectivity index (χ1) is 9.28. The summed E-state index contributed by atoms with van der Waals surface area (Å²) in [6.45, 7) is 3.91. The minimum Gasteiger partial charge on any atom is -0.407 e. The highest BCUT2D eigenvalue weighted by atomic mass is 16.4. The summed E-state index contributed by atoms with van der Waals surface area (Å²) < 4.78 is 5.64. The summed E-state index contributed by atoms with van der Waals surface area (Å²) in [5.74, 6) is 0.618. The van der Waals surface area contributed by atoms with Crippen LogP contribution in [-0.2, 0) is 11.3 Å². The van der Waals surface area contributed by atoms with Crippen molar-refractivity contribution in [2.75, 3.05) is 18.0 Å². The molecule has 0 bridgehead atoms. The van der Waals surface area contributed by atoms with Crippen molar-refractivity contribution in [3.8, 4) is 0 Å². The van der Waals surface area contributed by atoms with E-state index in [0.29, 0.717) is 37.6 Å². The van der Waals surface area contributed by atoms with Crippen LogP contribution in [0.5, 0.6) is 0 Å². The minimum absolute atomic E-state index is 0.0320. The van der Waals surface area contributed by atoms with Crippen LogP contribution >= 0.6 is 0 Å². The van der Waals surface area contributed by atoms with Crippen molar-refractivity contribution < 1.29 is 9.21 Å². The maximum atomic E-state index is 11.8. The van der Waals surface area contributed by atoms with Crippen molar-refractivity contribution in [2.45, 2.75) is 44.8 Å². The Kier molecular flexibility index (Phi) is 3.37. The van der Waals surface area contributed by atoms with Crippen molar-refractivity contribution in [2.24, 2.45) is 0 Å². The summed E-state index contributed by atoms with van der Waals surface area (Å²) in [6.07, 6.45) is 3.18. The molecule has 2 fully saturated rings. The summed E-state index contributed by atoms with van der Waals surface area (Å²) in [4.78, 5) is 13.7. The molecule has 2 aliphatic rings. The number of piperazine rings is 1. The molecule has 0 radical (unpaired) electrons. The highest BCUT2D eigenvalue weighted by molar-refractivity contribution is 5.85. The molecule has 1 aromatic rings. The molecule has 1 aromatic heterocycles.